The van der Waals surface area contributed by atoms with Gasteiger partial charge < -0.3 is 10.5 Å². The Hall–Kier alpha value is -2.20. The van der Waals surface area contributed by atoms with Gasteiger partial charge in [-0.25, -0.2) is 4.98 Å². The molecule has 0 saturated carbocycles. The molecule has 0 aliphatic carbocycles. The minimum absolute atomic E-state index is 0.424. The van der Waals surface area contributed by atoms with E-state index in [0.29, 0.717) is 10.8 Å². The number of nitrogen functional groups attached to an aromatic ring is 1. The number of rotatable bonds is 2. The Morgan fingerprint density at radius 1 is 1.26 bits per heavy atom. The van der Waals surface area contributed by atoms with Crippen LogP contribution in [0.3, 0.4) is 0 Å². The van der Waals surface area contributed by atoms with Crippen LogP contribution in [0.15, 0.2) is 42.6 Å². The van der Waals surface area contributed by atoms with Crippen molar-refractivity contribution < 1.29 is 4.74 Å². The first kappa shape index (κ1) is 11.9. The lowest BCUT2D eigenvalue weighted by Crippen LogP contribution is -1.94. The van der Waals surface area contributed by atoms with Crippen molar-refractivity contribution in [1.29, 1.82) is 0 Å². The van der Waals surface area contributed by atoms with Gasteiger partial charge in [0, 0.05) is 11.9 Å². The van der Waals surface area contributed by atoms with Gasteiger partial charge in [-0.2, -0.15) is 0 Å². The molecular formula is C14H12ClN3O. The summed E-state index contributed by atoms with van der Waals surface area (Å²) in [6.45, 7) is 0. The summed E-state index contributed by atoms with van der Waals surface area (Å²) in [5.41, 5.74) is 8.09. The van der Waals surface area contributed by atoms with Crippen LogP contribution in [0.2, 0.25) is 5.15 Å². The first-order valence-corrected chi connectivity index (χ1v) is 6.15. The molecule has 3 aromatic rings. The molecule has 19 heavy (non-hydrogen) atoms. The quantitative estimate of drug-likeness (QED) is 0.780. The average molecular weight is 274 g/mol. The van der Waals surface area contributed by atoms with E-state index in [1.165, 1.54) is 0 Å². The fourth-order valence-corrected chi connectivity index (χ4v) is 2.31. The van der Waals surface area contributed by atoms with Crippen molar-refractivity contribution in [3.8, 4) is 17.1 Å². The number of hydrogen-bond donors (Lipinski definition) is 1. The number of anilines is 1. The first-order chi connectivity index (χ1) is 9.20. The Balaban J connectivity index is 2.31. The minimum Gasteiger partial charge on any atom is -0.496 e. The molecule has 0 unspecified atom stereocenters. The minimum atomic E-state index is 0.424. The van der Waals surface area contributed by atoms with E-state index in [1.54, 1.807) is 13.2 Å². The molecule has 0 aliphatic rings. The molecule has 0 radical (unpaired) electrons. The van der Waals surface area contributed by atoms with E-state index in [1.807, 2.05) is 40.9 Å². The molecule has 0 spiro atoms. The number of halogens is 1. The summed E-state index contributed by atoms with van der Waals surface area (Å²) in [7, 11) is 1.63. The van der Waals surface area contributed by atoms with E-state index in [2.05, 4.69) is 4.98 Å². The first-order valence-electron chi connectivity index (χ1n) is 5.77. The van der Waals surface area contributed by atoms with Crippen LogP contribution in [0.1, 0.15) is 0 Å². The van der Waals surface area contributed by atoms with Crippen LogP contribution in [-0.2, 0) is 0 Å². The van der Waals surface area contributed by atoms with Gasteiger partial charge in [0.1, 0.15) is 11.6 Å². The number of methoxy groups -OCH3 is 1. The average Bonchev–Trinajstić information content (AvgIpc) is 2.75. The van der Waals surface area contributed by atoms with Gasteiger partial charge in [-0.3, -0.25) is 4.40 Å². The van der Waals surface area contributed by atoms with E-state index < -0.39 is 0 Å². The second-order valence-corrected chi connectivity index (χ2v) is 4.50. The van der Waals surface area contributed by atoms with Gasteiger partial charge in [-0.15, -0.1) is 0 Å². The maximum absolute atomic E-state index is 6.17. The third-order valence-electron chi connectivity index (χ3n) is 2.97. The van der Waals surface area contributed by atoms with Crippen molar-refractivity contribution >= 4 is 22.8 Å². The molecule has 0 atom stereocenters. The number of benzene rings is 1. The number of fused-ring (bicyclic) bond motifs is 1. The van der Waals surface area contributed by atoms with Crippen molar-refractivity contribution in [2.45, 2.75) is 0 Å². The normalized spacial score (nSPS) is 10.8. The summed E-state index contributed by atoms with van der Waals surface area (Å²) in [4.78, 5) is 4.40. The van der Waals surface area contributed by atoms with Gasteiger partial charge in [-0.1, -0.05) is 23.7 Å². The molecular weight excluding hydrogens is 262 g/mol. The van der Waals surface area contributed by atoms with Crippen molar-refractivity contribution in [2.24, 2.45) is 0 Å². The Bertz CT molecular complexity index is 752. The number of pyridine rings is 1. The largest absolute Gasteiger partial charge is 0.496 e. The van der Waals surface area contributed by atoms with Gasteiger partial charge >= 0.3 is 0 Å². The number of imidazole rings is 1. The van der Waals surface area contributed by atoms with E-state index in [4.69, 9.17) is 22.1 Å². The molecule has 0 saturated heterocycles. The summed E-state index contributed by atoms with van der Waals surface area (Å²) in [5, 5.41) is 0.424. The highest BCUT2D eigenvalue weighted by Crippen LogP contribution is 2.32. The standard InChI is InChI=1S/C14H12ClN3O/c1-19-12-5-3-2-4-10(12)14-17-13(15)11-8-9(16)6-7-18(11)14/h2-8H,16H2,1H3. The van der Waals surface area contributed by atoms with Gasteiger partial charge in [0.05, 0.1) is 18.2 Å². The lowest BCUT2D eigenvalue weighted by atomic mass is 10.2. The third-order valence-corrected chi connectivity index (χ3v) is 3.25. The van der Waals surface area contributed by atoms with Crippen molar-refractivity contribution in [2.75, 3.05) is 12.8 Å². The lowest BCUT2D eigenvalue weighted by molar-refractivity contribution is 0.416. The molecule has 0 fully saturated rings. The SMILES string of the molecule is COc1ccccc1-c1nc(Cl)c2cc(N)ccn12. The number of para-hydroxylation sites is 1. The topological polar surface area (TPSA) is 52.5 Å². The molecule has 0 amide bonds. The molecule has 5 heteroatoms. The van der Waals surface area contributed by atoms with Crippen LogP contribution in [0.25, 0.3) is 16.9 Å². The number of nitrogens with two attached hydrogens (primary N) is 1. The molecule has 4 nitrogen and oxygen atoms in total. The number of hydrogen-bond acceptors (Lipinski definition) is 3. The maximum atomic E-state index is 6.17. The summed E-state index contributed by atoms with van der Waals surface area (Å²) in [5.74, 6) is 1.49. The fourth-order valence-electron chi connectivity index (χ4n) is 2.08. The van der Waals surface area contributed by atoms with Crippen LogP contribution >= 0.6 is 11.6 Å². The highest BCUT2D eigenvalue weighted by molar-refractivity contribution is 6.33. The highest BCUT2D eigenvalue weighted by Gasteiger charge is 2.14. The molecule has 2 heterocycles. The molecule has 0 bridgehead atoms. The van der Waals surface area contributed by atoms with Crippen molar-refractivity contribution in [3.63, 3.8) is 0 Å². The second kappa shape index (κ2) is 4.48. The van der Waals surface area contributed by atoms with Crippen LogP contribution in [0, 0.1) is 0 Å². The zero-order valence-electron chi connectivity index (χ0n) is 10.3. The van der Waals surface area contributed by atoms with Crippen molar-refractivity contribution in [3.05, 3.63) is 47.7 Å². The monoisotopic (exact) mass is 273 g/mol. The molecule has 96 valence electrons. The van der Waals surface area contributed by atoms with Crippen LogP contribution < -0.4 is 10.5 Å². The van der Waals surface area contributed by atoms with Crippen LogP contribution in [0.4, 0.5) is 5.69 Å². The van der Waals surface area contributed by atoms with Gasteiger partial charge in [0.2, 0.25) is 0 Å². The Kier molecular flexibility index (Phi) is 2.80. The van der Waals surface area contributed by atoms with E-state index in [9.17, 15) is 0 Å². The van der Waals surface area contributed by atoms with Gasteiger partial charge in [0.15, 0.2) is 5.15 Å². The third kappa shape index (κ3) is 1.90. The summed E-state index contributed by atoms with van der Waals surface area (Å²) in [6, 6.07) is 11.3. The zero-order valence-corrected chi connectivity index (χ0v) is 11.1. The van der Waals surface area contributed by atoms with Gasteiger partial charge in [-0.05, 0) is 24.3 Å². The summed E-state index contributed by atoms with van der Waals surface area (Å²) < 4.78 is 7.26. The number of nitrogens with zero attached hydrogens (tertiary/aromatic N) is 2. The zero-order chi connectivity index (χ0) is 13.4. The van der Waals surface area contributed by atoms with E-state index >= 15 is 0 Å². The molecule has 0 aliphatic heterocycles. The predicted molar refractivity (Wildman–Crippen MR) is 76.6 cm³/mol. The second-order valence-electron chi connectivity index (χ2n) is 4.14. The number of ether oxygens (including phenoxy) is 1. The molecule has 1 aromatic carbocycles. The molecule has 2 aromatic heterocycles. The van der Waals surface area contributed by atoms with Crippen LogP contribution in [0.5, 0.6) is 5.75 Å². The van der Waals surface area contributed by atoms with E-state index in [-0.39, 0.29) is 0 Å². The fraction of sp³-hybridized carbons (Fsp3) is 0.0714. The van der Waals surface area contributed by atoms with E-state index in [0.717, 1.165) is 22.7 Å². The van der Waals surface area contributed by atoms with Gasteiger partial charge in [0.25, 0.3) is 0 Å². The predicted octanol–water partition coefficient (Wildman–Crippen LogP) is 3.25. The Labute approximate surface area is 115 Å². The smallest absolute Gasteiger partial charge is 0.155 e. The molecule has 3 rings (SSSR count). The summed E-state index contributed by atoms with van der Waals surface area (Å²) >= 11 is 6.17. The highest BCUT2D eigenvalue weighted by atomic mass is 35.5. The molecule has 2 N–H and O–H groups in total. The Morgan fingerprint density at radius 2 is 2.05 bits per heavy atom. The van der Waals surface area contributed by atoms with Crippen molar-refractivity contribution in [1.82, 2.24) is 9.38 Å². The summed E-state index contributed by atoms with van der Waals surface area (Å²) in [6.07, 6.45) is 1.85. The number of aromatic nitrogens is 2. The van der Waals surface area contributed by atoms with Crippen LogP contribution in [-0.4, -0.2) is 16.5 Å². The Morgan fingerprint density at radius 3 is 2.84 bits per heavy atom. The maximum Gasteiger partial charge on any atom is 0.155 e. The lowest BCUT2D eigenvalue weighted by Gasteiger charge is -2.07.